The van der Waals surface area contributed by atoms with Gasteiger partial charge in [-0.1, -0.05) is 6.07 Å². The number of hydrogen-bond donors (Lipinski definition) is 1. The molecule has 1 aliphatic heterocycles. The van der Waals surface area contributed by atoms with Gasteiger partial charge in [0.25, 0.3) is 0 Å². The van der Waals surface area contributed by atoms with Gasteiger partial charge in [0.05, 0.1) is 11.6 Å². The minimum Gasteiger partial charge on any atom is -0.392 e. The van der Waals surface area contributed by atoms with Gasteiger partial charge in [0.15, 0.2) is 0 Å². The van der Waals surface area contributed by atoms with Gasteiger partial charge in [-0.15, -0.1) is 0 Å². The zero-order chi connectivity index (χ0) is 17.8. The lowest BCUT2D eigenvalue weighted by molar-refractivity contribution is 0.0920. The van der Waals surface area contributed by atoms with Crippen LogP contribution in [-0.2, 0) is 6.54 Å². The van der Waals surface area contributed by atoms with E-state index in [2.05, 4.69) is 21.8 Å². The summed E-state index contributed by atoms with van der Waals surface area (Å²) in [6.45, 7) is 6.56. The minimum absolute atomic E-state index is 0.208. The van der Waals surface area contributed by atoms with Gasteiger partial charge in [-0.2, -0.15) is 0 Å². The normalized spacial score (nSPS) is 18.1. The average Bonchev–Trinajstić information content (AvgIpc) is 2.59. The van der Waals surface area contributed by atoms with E-state index >= 15 is 0 Å². The molecule has 0 saturated carbocycles. The van der Waals surface area contributed by atoms with Crippen LogP contribution in [0.4, 0.5) is 4.39 Å². The summed E-state index contributed by atoms with van der Waals surface area (Å²) < 4.78 is 13.9. The summed E-state index contributed by atoms with van der Waals surface area (Å²) in [5.41, 5.74) is 1.84. The van der Waals surface area contributed by atoms with Crippen molar-refractivity contribution in [3.63, 3.8) is 0 Å². The third-order valence-electron chi connectivity index (χ3n) is 5.04. The fourth-order valence-corrected chi connectivity index (χ4v) is 3.85. The molecular formula is C20H28FN3O. The lowest BCUT2D eigenvalue weighted by Crippen LogP contribution is -2.40. The van der Waals surface area contributed by atoms with E-state index in [-0.39, 0.29) is 11.9 Å². The largest absolute Gasteiger partial charge is 0.392 e. The third kappa shape index (κ3) is 4.75. The Hall–Kier alpha value is -1.56. The van der Waals surface area contributed by atoms with Crippen LogP contribution in [0.5, 0.6) is 0 Å². The topological polar surface area (TPSA) is 39.6 Å². The average molecular weight is 345 g/mol. The van der Waals surface area contributed by atoms with Crippen molar-refractivity contribution in [2.45, 2.75) is 32.4 Å². The Morgan fingerprint density at radius 2 is 2.08 bits per heavy atom. The number of pyridine rings is 1. The van der Waals surface area contributed by atoms with Crippen LogP contribution < -0.4 is 0 Å². The standard InChI is InChI=1S/C20H28FN3O/c1-15(25)12-24-10-7-16(8-11-24)13-23(2)14-17-5-6-19(21)18-4-3-9-22-20(17)18/h3-6,9,15-16,25H,7-8,10-14H2,1-2H3/t15-/m0/s1. The Kier molecular flexibility index (Phi) is 5.99. The highest BCUT2D eigenvalue weighted by Gasteiger charge is 2.21. The Labute approximate surface area is 149 Å². The molecule has 1 aromatic heterocycles. The van der Waals surface area contributed by atoms with Crippen molar-refractivity contribution in [1.29, 1.82) is 0 Å². The quantitative estimate of drug-likeness (QED) is 0.874. The summed E-state index contributed by atoms with van der Waals surface area (Å²) in [6.07, 6.45) is 3.81. The third-order valence-corrected chi connectivity index (χ3v) is 5.04. The van der Waals surface area contributed by atoms with Crippen molar-refractivity contribution in [3.05, 3.63) is 41.8 Å². The first-order valence-electron chi connectivity index (χ1n) is 9.14. The number of nitrogens with zero attached hydrogens (tertiary/aromatic N) is 3. The lowest BCUT2D eigenvalue weighted by Gasteiger charge is -2.34. The van der Waals surface area contributed by atoms with Crippen LogP contribution >= 0.6 is 0 Å². The van der Waals surface area contributed by atoms with E-state index in [9.17, 15) is 9.50 Å². The molecule has 0 bridgehead atoms. The van der Waals surface area contributed by atoms with Gasteiger partial charge in [0.2, 0.25) is 0 Å². The number of hydrogen-bond acceptors (Lipinski definition) is 4. The summed E-state index contributed by atoms with van der Waals surface area (Å²) in [6, 6.07) is 6.97. The molecule has 0 aliphatic carbocycles. The molecule has 136 valence electrons. The molecule has 0 unspecified atom stereocenters. The van der Waals surface area contributed by atoms with E-state index in [1.54, 1.807) is 24.4 Å². The second-order valence-electron chi connectivity index (χ2n) is 7.40. The predicted molar refractivity (Wildman–Crippen MR) is 98.9 cm³/mol. The fourth-order valence-electron chi connectivity index (χ4n) is 3.85. The van der Waals surface area contributed by atoms with E-state index < -0.39 is 0 Å². The first-order valence-corrected chi connectivity index (χ1v) is 9.14. The number of aromatic nitrogens is 1. The van der Waals surface area contributed by atoms with E-state index in [0.717, 1.165) is 43.8 Å². The van der Waals surface area contributed by atoms with Crippen LogP contribution in [0.2, 0.25) is 0 Å². The summed E-state index contributed by atoms with van der Waals surface area (Å²) >= 11 is 0. The molecule has 2 aromatic rings. The summed E-state index contributed by atoms with van der Waals surface area (Å²) in [7, 11) is 2.13. The molecular weight excluding hydrogens is 317 g/mol. The molecule has 1 fully saturated rings. The molecule has 1 aromatic carbocycles. The first kappa shape index (κ1) is 18.2. The van der Waals surface area contributed by atoms with Crippen molar-refractivity contribution in [2.75, 3.05) is 33.2 Å². The zero-order valence-corrected chi connectivity index (χ0v) is 15.2. The number of rotatable bonds is 6. The maximum Gasteiger partial charge on any atom is 0.132 e. The van der Waals surface area contributed by atoms with Gasteiger partial charge in [-0.05, 0) is 69.6 Å². The Balaban J connectivity index is 1.57. The number of piperidine rings is 1. The number of halogens is 1. The molecule has 1 atom stereocenters. The van der Waals surface area contributed by atoms with Crippen molar-refractivity contribution in [1.82, 2.24) is 14.8 Å². The molecule has 0 radical (unpaired) electrons. The summed E-state index contributed by atoms with van der Waals surface area (Å²) in [5, 5.41) is 10.1. The number of likely N-dealkylation sites (tertiary alicyclic amines) is 1. The highest BCUT2D eigenvalue weighted by atomic mass is 19.1. The molecule has 4 nitrogen and oxygen atoms in total. The zero-order valence-electron chi connectivity index (χ0n) is 15.2. The molecule has 25 heavy (non-hydrogen) atoms. The van der Waals surface area contributed by atoms with Crippen LogP contribution in [-0.4, -0.2) is 59.2 Å². The van der Waals surface area contributed by atoms with Gasteiger partial charge in [0, 0.05) is 31.2 Å². The van der Waals surface area contributed by atoms with Crippen LogP contribution in [0.3, 0.4) is 0 Å². The molecule has 1 saturated heterocycles. The van der Waals surface area contributed by atoms with Gasteiger partial charge in [-0.25, -0.2) is 4.39 Å². The predicted octanol–water partition coefficient (Wildman–Crippen LogP) is 2.90. The van der Waals surface area contributed by atoms with Gasteiger partial charge in [-0.3, -0.25) is 4.98 Å². The first-order chi connectivity index (χ1) is 12.0. The van der Waals surface area contributed by atoms with Crippen LogP contribution in [0, 0.1) is 11.7 Å². The van der Waals surface area contributed by atoms with E-state index in [1.807, 2.05) is 13.0 Å². The van der Waals surface area contributed by atoms with Crippen LogP contribution in [0.15, 0.2) is 30.5 Å². The van der Waals surface area contributed by atoms with E-state index in [4.69, 9.17) is 0 Å². The van der Waals surface area contributed by atoms with E-state index in [1.165, 1.54) is 12.8 Å². The second kappa shape index (κ2) is 8.21. The Bertz CT molecular complexity index is 698. The monoisotopic (exact) mass is 345 g/mol. The van der Waals surface area contributed by atoms with Crippen molar-refractivity contribution in [2.24, 2.45) is 5.92 Å². The minimum atomic E-state index is -0.251. The van der Waals surface area contributed by atoms with Gasteiger partial charge < -0.3 is 14.9 Å². The highest BCUT2D eigenvalue weighted by Crippen LogP contribution is 2.23. The maximum atomic E-state index is 13.9. The van der Waals surface area contributed by atoms with Crippen molar-refractivity contribution in [3.8, 4) is 0 Å². The molecule has 5 heteroatoms. The Morgan fingerprint density at radius 3 is 2.80 bits per heavy atom. The molecule has 1 N–H and O–H groups in total. The van der Waals surface area contributed by atoms with E-state index in [0.29, 0.717) is 11.3 Å². The van der Waals surface area contributed by atoms with Crippen molar-refractivity contribution >= 4 is 10.9 Å². The molecule has 2 heterocycles. The Morgan fingerprint density at radius 1 is 1.32 bits per heavy atom. The summed E-state index contributed by atoms with van der Waals surface area (Å²) in [5.74, 6) is 0.468. The molecule has 0 amide bonds. The van der Waals surface area contributed by atoms with Gasteiger partial charge in [0.1, 0.15) is 5.82 Å². The fraction of sp³-hybridized carbons (Fsp3) is 0.550. The molecule has 1 aliphatic rings. The number of fused-ring (bicyclic) bond motifs is 1. The lowest BCUT2D eigenvalue weighted by atomic mass is 9.96. The number of β-amino-alcohol motifs (C(OH)–C–C–N with tert-alkyl or cyclic N) is 1. The number of aliphatic hydroxyl groups excluding tert-OH is 1. The summed E-state index contributed by atoms with van der Waals surface area (Å²) in [4.78, 5) is 9.04. The number of aliphatic hydroxyl groups is 1. The molecule has 3 rings (SSSR count). The highest BCUT2D eigenvalue weighted by molar-refractivity contribution is 5.82. The molecule has 0 spiro atoms. The number of benzene rings is 1. The maximum absolute atomic E-state index is 13.9. The van der Waals surface area contributed by atoms with Crippen LogP contribution in [0.1, 0.15) is 25.3 Å². The second-order valence-corrected chi connectivity index (χ2v) is 7.40. The SMILES string of the molecule is C[C@H](O)CN1CCC(CN(C)Cc2ccc(F)c3cccnc23)CC1. The smallest absolute Gasteiger partial charge is 0.132 e. The van der Waals surface area contributed by atoms with Gasteiger partial charge >= 0.3 is 0 Å². The van der Waals surface area contributed by atoms with Crippen molar-refractivity contribution < 1.29 is 9.50 Å². The van der Waals surface area contributed by atoms with Crippen LogP contribution in [0.25, 0.3) is 10.9 Å².